The van der Waals surface area contributed by atoms with Gasteiger partial charge >= 0.3 is 0 Å². The van der Waals surface area contributed by atoms with E-state index in [0.29, 0.717) is 19.0 Å². The Kier molecular flexibility index (Phi) is 7.78. The van der Waals surface area contributed by atoms with Crippen LogP contribution in [0.2, 0.25) is 0 Å². The van der Waals surface area contributed by atoms with Crippen molar-refractivity contribution < 1.29 is 14.3 Å². The summed E-state index contributed by atoms with van der Waals surface area (Å²) in [6.07, 6.45) is 4.21. The molecule has 132 valence electrons. The molecule has 0 radical (unpaired) electrons. The lowest BCUT2D eigenvalue weighted by Gasteiger charge is -2.12. The molecule has 0 aromatic heterocycles. The Hall–Kier alpha value is -2.02. The SMILES string of the molecule is CCCOc1ccc(/C=C/C(=O)Nc2cccc(I)c2)cc1OCC. The molecule has 0 saturated carbocycles. The molecule has 0 saturated heterocycles. The van der Waals surface area contributed by atoms with Crippen molar-refractivity contribution in [3.05, 3.63) is 57.7 Å². The molecule has 2 aromatic carbocycles. The van der Waals surface area contributed by atoms with Crippen LogP contribution in [0.25, 0.3) is 6.08 Å². The van der Waals surface area contributed by atoms with Gasteiger partial charge in [0.2, 0.25) is 5.91 Å². The molecule has 25 heavy (non-hydrogen) atoms. The van der Waals surface area contributed by atoms with Gasteiger partial charge in [-0.1, -0.05) is 19.1 Å². The fourth-order valence-electron chi connectivity index (χ4n) is 2.15. The van der Waals surface area contributed by atoms with Crippen LogP contribution >= 0.6 is 22.6 Å². The molecule has 2 rings (SSSR count). The van der Waals surface area contributed by atoms with Gasteiger partial charge in [0, 0.05) is 15.3 Å². The molecular weight excluding hydrogens is 429 g/mol. The van der Waals surface area contributed by atoms with Crippen molar-refractivity contribution in [2.45, 2.75) is 20.3 Å². The third-order valence-corrected chi connectivity index (χ3v) is 3.92. The number of anilines is 1. The number of amides is 1. The molecule has 0 bridgehead atoms. The van der Waals surface area contributed by atoms with E-state index in [-0.39, 0.29) is 5.91 Å². The molecule has 0 spiro atoms. The van der Waals surface area contributed by atoms with Gasteiger partial charge in [-0.15, -0.1) is 0 Å². The maximum absolute atomic E-state index is 12.1. The zero-order valence-electron chi connectivity index (χ0n) is 14.4. The topological polar surface area (TPSA) is 47.6 Å². The Labute approximate surface area is 162 Å². The fraction of sp³-hybridized carbons (Fsp3) is 0.250. The summed E-state index contributed by atoms with van der Waals surface area (Å²) in [6.45, 7) is 5.20. The Morgan fingerprint density at radius 1 is 1.12 bits per heavy atom. The maximum atomic E-state index is 12.1. The molecule has 1 N–H and O–H groups in total. The average Bonchev–Trinajstić information content (AvgIpc) is 2.59. The van der Waals surface area contributed by atoms with Gasteiger partial charge in [-0.05, 0) is 77.9 Å². The number of rotatable bonds is 8. The molecular formula is C20H22INO3. The van der Waals surface area contributed by atoms with E-state index in [1.54, 1.807) is 6.08 Å². The van der Waals surface area contributed by atoms with Crippen LogP contribution in [0.4, 0.5) is 5.69 Å². The van der Waals surface area contributed by atoms with Crippen LogP contribution in [0.15, 0.2) is 48.5 Å². The Morgan fingerprint density at radius 3 is 2.68 bits per heavy atom. The van der Waals surface area contributed by atoms with E-state index in [1.165, 1.54) is 6.08 Å². The third kappa shape index (κ3) is 6.42. The number of nitrogens with one attached hydrogen (secondary N) is 1. The second-order valence-corrected chi connectivity index (χ2v) is 6.57. The summed E-state index contributed by atoms with van der Waals surface area (Å²) in [6, 6.07) is 13.3. The van der Waals surface area contributed by atoms with E-state index in [1.807, 2.05) is 49.4 Å². The zero-order chi connectivity index (χ0) is 18.1. The number of carbonyl (C=O) groups is 1. The highest BCUT2D eigenvalue weighted by Gasteiger charge is 2.06. The standard InChI is InChI=1S/C20H22INO3/c1-3-12-25-18-10-8-15(13-19(18)24-4-2)9-11-20(23)22-17-7-5-6-16(21)14-17/h5-11,13-14H,3-4,12H2,1-2H3,(H,22,23)/b11-9+. The van der Waals surface area contributed by atoms with E-state index >= 15 is 0 Å². The molecule has 0 atom stereocenters. The predicted octanol–water partition coefficient (Wildman–Crippen LogP) is 5.13. The van der Waals surface area contributed by atoms with E-state index in [0.717, 1.165) is 27.0 Å². The van der Waals surface area contributed by atoms with Crippen molar-refractivity contribution in [3.63, 3.8) is 0 Å². The van der Waals surface area contributed by atoms with Gasteiger partial charge in [-0.2, -0.15) is 0 Å². The molecule has 5 heteroatoms. The minimum Gasteiger partial charge on any atom is -0.490 e. The van der Waals surface area contributed by atoms with Gasteiger partial charge in [0.05, 0.1) is 13.2 Å². The van der Waals surface area contributed by atoms with Crippen LogP contribution in [0, 0.1) is 3.57 Å². The lowest BCUT2D eigenvalue weighted by molar-refractivity contribution is -0.111. The van der Waals surface area contributed by atoms with Crippen molar-refractivity contribution >= 4 is 40.3 Å². The summed E-state index contributed by atoms with van der Waals surface area (Å²) in [7, 11) is 0. The average molecular weight is 451 g/mol. The highest BCUT2D eigenvalue weighted by molar-refractivity contribution is 14.1. The first kappa shape index (κ1) is 19.3. The van der Waals surface area contributed by atoms with Gasteiger partial charge < -0.3 is 14.8 Å². The Morgan fingerprint density at radius 2 is 1.96 bits per heavy atom. The zero-order valence-corrected chi connectivity index (χ0v) is 16.6. The number of ether oxygens (including phenoxy) is 2. The van der Waals surface area contributed by atoms with Gasteiger partial charge in [-0.3, -0.25) is 4.79 Å². The van der Waals surface area contributed by atoms with Crippen molar-refractivity contribution in [1.82, 2.24) is 0 Å². The van der Waals surface area contributed by atoms with Crippen LogP contribution in [-0.2, 0) is 4.79 Å². The van der Waals surface area contributed by atoms with Crippen LogP contribution in [0.3, 0.4) is 0 Å². The lowest BCUT2D eigenvalue weighted by Crippen LogP contribution is -2.07. The molecule has 0 aliphatic carbocycles. The van der Waals surface area contributed by atoms with E-state index < -0.39 is 0 Å². The fourth-order valence-corrected chi connectivity index (χ4v) is 2.69. The first-order valence-corrected chi connectivity index (χ1v) is 9.34. The van der Waals surface area contributed by atoms with E-state index in [2.05, 4.69) is 34.8 Å². The normalized spacial score (nSPS) is 10.7. The van der Waals surface area contributed by atoms with Crippen LogP contribution in [0.1, 0.15) is 25.8 Å². The maximum Gasteiger partial charge on any atom is 0.248 e. The van der Waals surface area contributed by atoms with Gasteiger partial charge in [0.1, 0.15) is 0 Å². The summed E-state index contributed by atoms with van der Waals surface area (Å²) < 4.78 is 12.4. The Balaban J connectivity index is 2.06. The number of carbonyl (C=O) groups excluding carboxylic acids is 1. The van der Waals surface area contributed by atoms with Crippen molar-refractivity contribution in [1.29, 1.82) is 0 Å². The first-order chi connectivity index (χ1) is 12.1. The molecule has 4 nitrogen and oxygen atoms in total. The summed E-state index contributed by atoms with van der Waals surface area (Å²) in [5.74, 6) is 1.24. The molecule has 0 unspecified atom stereocenters. The van der Waals surface area contributed by atoms with Crippen molar-refractivity contribution in [2.24, 2.45) is 0 Å². The molecule has 2 aromatic rings. The van der Waals surface area contributed by atoms with E-state index in [4.69, 9.17) is 9.47 Å². The van der Waals surface area contributed by atoms with Crippen LogP contribution in [0.5, 0.6) is 11.5 Å². The minimum atomic E-state index is -0.175. The quantitative estimate of drug-likeness (QED) is 0.447. The number of halogens is 1. The van der Waals surface area contributed by atoms with Crippen molar-refractivity contribution in [2.75, 3.05) is 18.5 Å². The van der Waals surface area contributed by atoms with E-state index in [9.17, 15) is 4.79 Å². The highest BCUT2D eigenvalue weighted by Crippen LogP contribution is 2.29. The molecule has 0 aliphatic rings. The van der Waals surface area contributed by atoms with Gasteiger partial charge in [0.15, 0.2) is 11.5 Å². The number of hydrogen-bond acceptors (Lipinski definition) is 3. The van der Waals surface area contributed by atoms with Gasteiger partial charge in [0.25, 0.3) is 0 Å². The molecule has 0 aliphatic heterocycles. The van der Waals surface area contributed by atoms with Crippen molar-refractivity contribution in [3.8, 4) is 11.5 Å². The smallest absolute Gasteiger partial charge is 0.248 e. The van der Waals surface area contributed by atoms with Crippen LogP contribution in [-0.4, -0.2) is 19.1 Å². The van der Waals surface area contributed by atoms with Gasteiger partial charge in [-0.25, -0.2) is 0 Å². The number of benzene rings is 2. The molecule has 0 heterocycles. The highest BCUT2D eigenvalue weighted by atomic mass is 127. The van der Waals surface area contributed by atoms with Crippen LogP contribution < -0.4 is 14.8 Å². The molecule has 1 amide bonds. The summed E-state index contributed by atoms with van der Waals surface area (Å²) in [5.41, 5.74) is 1.66. The second-order valence-electron chi connectivity index (χ2n) is 5.32. The number of hydrogen-bond donors (Lipinski definition) is 1. The molecule has 0 fully saturated rings. The largest absolute Gasteiger partial charge is 0.490 e. The summed E-state index contributed by atoms with van der Waals surface area (Å²) in [4.78, 5) is 12.1. The summed E-state index contributed by atoms with van der Waals surface area (Å²) in [5, 5.41) is 2.85. The monoisotopic (exact) mass is 451 g/mol. The first-order valence-electron chi connectivity index (χ1n) is 8.26. The Bertz CT molecular complexity index is 743. The minimum absolute atomic E-state index is 0.175. The predicted molar refractivity (Wildman–Crippen MR) is 110 cm³/mol. The lowest BCUT2D eigenvalue weighted by atomic mass is 10.2. The summed E-state index contributed by atoms with van der Waals surface area (Å²) >= 11 is 2.21. The second kappa shape index (κ2) is 10.1. The third-order valence-electron chi connectivity index (χ3n) is 3.25.